The lowest BCUT2D eigenvalue weighted by atomic mass is 10.0. The molecule has 1 heterocycles. The summed E-state index contributed by atoms with van der Waals surface area (Å²) in [6.45, 7) is 5.13. The van der Waals surface area contributed by atoms with Crippen LogP contribution in [0.5, 0.6) is 0 Å². The quantitative estimate of drug-likeness (QED) is 0.772. The Morgan fingerprint density at radius 2 is 1.89 bits per heavy atom. The minimum absolute atomic E-state index is 0.196. The smallest absolute Gasteiger partial charge is 0.0991 e. The summed E-state index contributed by atoms with van der Waals surface area (Å²) >= 11 is 13.6. The predicted octanol–water partition coefficient (Wildman–Crippen LogP) is 5.47. The van der Waals surface area contributed by atoms with Crippen LogP contribution in [0.25, 0.3) is 0 Å². The highest BCUT2D eigenvalue weighted by molar-refractivity contribution is 7.20. The van der Waals surface area contributed by atoms with Gasteiger partial charge in [-0.05, 0) is 36.1 Å². The van der Waals surface area contributed by atoms with Crippen LogP contribution in [0.2, 0.25) is 8.67 Å². The van der Waals surface area contributed by atoms with Crippen LogP contribution in [0.4, 0.5) is 0 Å². The molecular formula is C15H17Cl2NS. The van der Waals surface area contributed by atoms with E-state index in [1.54, 1.807) is 0 Å². The molecule has 1 aromatic heterocycles. The van der Waals surface area contributed by atoms with Crippen molar-refractivity contribution >= 4 is 34.5 Å². The van der Waals surface area contributed by atoms with E-state index < -0.39 is 0 Å². The van der Waals surface area contributed by atoms with Crippen molar-refractivity contribution in [1.82, 2.24) is 5.32 Å². The molecule has 1 aromatic carbocycles. The number of rotatable bonds is 5. The maximum atomic E-state index is 6.17. The average molecular weight is 314 g/mol. The molecule has 2 aromatic rings. The summed E-state index contributed by atoms with van der Waals surface area (Å²) in [4.78, 5) is 0. The van der Waals surface area contributed by atoms with Crippen molar-refractivity contribution in [2.45, 2.75) is 32.9 Å². The molecule has 0 fully saturated rings. The van der Waals surface area contributed by atoms with Gasteiger partial charge < -0.3 is 5.32 Å². The molecule has 1 atom stereocenters. The molecule has 4 heteroatoms. The maximum absolute atomic E-state index is 6.17. The highest BCUT2D eigenvalue weighted by Crippen LogP contribution is 2.34. The first-order valence-corrected chi connectivity index (χ1v) is 7.94. The van der Waals surface area contributed by atoms with Gasteiger partial charge in [0.2, 0.25) is 0 Å². The van der Waals surface area contributed by atoms with Crippen LogP contribution in [-0.4, -0.2) is 0 Å². The molecule has 1 unspecified atom stereocenters. The Labute approximate surface area is 128 Å². The summed E-state index contributed by atoms with van der Waals surface area (Å²) in [5.74, 6) is 0. The first kappa shape index (κ1) is 14.9. The monoisotopic (exact) mass is 313 g/mol. The van der Waals surface area contributed by atoms with Crippen molar-refractivity contribution in [2.24, 2.45) is 0 Å². The zero-order chi connectivity index (χ0) is 13.8. The van der Waals surface area contributed by atoms with E-state index in [1.807, 2.05) is 6.07 Å². The van der Waals surface area contributed by atoms with Crippen LogP contribution in [0.3, 0.4) is 0 Å². The summed E-state index contributed by atoms with van der Waals surface area (Å²) in [5, 5.41) is 3.51. The van der Waals surface area contributed by atoms with Crippen molar-refractivity contribution < 1.29 is 0 Å². The van der Waals surface area contributed by atoms with E-state index >= 15 is 0 Å². The molecule has 1 N–H and O–H groups in total. The zero-order valence-electron chi connectivity index (χ0n) is 11.0. The summed E-state index contributed by atoms with van der Waals surface area (Å²) < 4.78 is 1.51. The summed E-state index contributed by atoms with van der Waals surface area (Å²) in [6, 6.07) is 10.6. The Bertz CT molecular complexity index is 551. The molecule has 0 radical (unpaired) electrons. The molecule has 1 nitrogen and oxygen atoms in total. The second-order valence-corrected chi connectivity index (χ2v) is 6.79. The number of nitrogens with one attached hydrogen (secondary N) is 1. The van der Waals surface area contributed by atoms with E-state index in [0.717, 1.165) is 27.2 Å². The Morgan fingerprint density at radius 3 is 2.47 bits per heavy atom. The molecule has 0 aliphatic heterocycles. The van der Waals surface area contributed by atoms with Gasteiger partial charge in [-0.1, -0.05) is 54.4 Å². The molecule has 0 aliphatic rings. The van der Waals surface area contributed by atoms with Crippen LogP contribution in [0, 0.1) is 0 Å². The highest BCUT2D eigenvalue weighted by atomic mass is 35.5. The van der Waals surface area contributed by atoms with Crippen molar-refractivity contribution in [3.63, 3.8) is 0 Å². The number of hydrogen-bond acceptors (Lipinski definition) is 2. The zero-order valence-corrected chi connectivity index (χ0v) is 13.4. The maximum Gasteiger partial charge on any atom is 0.0991 e. The predicted molar refractivity (Wildman–Crippen MR) is 85.4 cm³/mol. The first-order valence-electron chi connectivity index (χ1n) is 6.36. The second kappa shape index (κ2) is 6.76. The van der Waals surface area contributed by atoms with Crippen molar-refractivity contribution in [1.29, 1.82) is 0 Å². The molecule has 0 bridgehead atoms. The normalized spacial score (nSPS) is 12.6. The summed E-state index contributed by atoms with van der Waals surface area (Å²) in [5.41, 5.74) is 3.80. The van der Waals surface area contributed by atoms with Crippen LogP contribution in [0.15, 0.2) is 30.3 Å². The third kappa shape index (κ3) is 3.73. The molecule has 0 aliphatic carbocycles. The fourth-order valence-corrected chi connectivity index (χ4v) is 3.74. The van der Waals surface area contributed by atoms with Crippen LogP contribution in [0.1, 0.15) is 36.6 Å². The molecule has 102 valence electrons. The topological polar surface area (TPSA) is 12.0 Å². The number of thiophene rings is 1. The van der Waals surface area contributed by atoms with Gasteiger partial charge in [0, 0.05) is 12.6 Å². The number of benzene rings is 1. The van der Waals surface area contributed by atoms with Gasteiger partial charge in [0.15, 0.2) is 0 Å². The molecular weight excluding hydrogens is 297 g/mol. The lowest BCUT2D eigenvalue weighted by molar-refractivity contribution is 0.574. The lowest BCUT2D eigenvalue weighted by Crippen LogP contribution is -2.18. The fraction of sp³-hybridized carbons (Fsp3) is 0.333. The second-order valence-electron chi connectivity index (χ2n) is 4.50. The molecule has 0 saturated heterocycles. The lowest BCUT2D eigenvalue weighted by Gasteiger charge is -2.15. The van der Waals surface area contributed by atoms with Gasteiger partial charge in [-0.25, -0.2) is 0 Å². The van der Waals surface area contributed by atoms with Gasteiger partial charge in [0.05, 0.1) is 8.67 Å². The van der Waals surface area contributed by atoms with Gasteiger partial charge in [0.1, 0.15) is 0 Å². The number of hydrogen-bond donors (Lipinski definition) is 1. The van der Waals surface area contributed by atoms with Crippen LogP contribution in [-0.2, 0) is 13.0 Å². The first-order chi connectivity index (χ1) is 9.11. The molecule has 2 rings (SSSR count). The van der Waals surface area contributed by atoms with Crippen LogP contribution < -0.4 is 5.32 Å². The summed E-state index contributed by atoms with van der Waals surface area (Å²) in [7, 11) is 0. The van der Waals surface area contributed by atoms with E-state index in [9.17, 15) is 0 Å². The van der Waals surface area contributed by atoms with E-state index in [1.165, 1.54) is 22.5 Å². The Kier molecular flexibility index (Phi) is 5.28. The molecule has 19 heavy (non-hydrogen) atoms. The van der Waals surface area contributed by atoms with Gasteiger partial charge in [-0.2, -0.15) is 0 Å². The highest BCUT2D eigenvalue weighted by Gasteiger charge is 2.13. The van der Waals surface area contributed by atoms with Gasteiger partial charge in [-0.15, -0.1) is 11.3 Å². The summed E-state index contributed by atoms with van der Waals surface area (Å²) in [6.07, 6.45) is 1.05. The third-order valence-electron chi connectivity index (χ3n) is 3.25. The Balaban J connectivity index is 2.04. The van der Waals surface area contributed by atoms with E-state index in [2.05, 4.69) is 43.4 Å². The average Bonchev–Trinajstić information content (AvgIpc) is 2.75. The van der Waals surface area contributed by atoms with Crippen molar-refractivity contribution in [3.8, 4) is 0 Å². The number of aryl methyl sites for hydroxylation is 1. The Morgan fingerprint density at radius 1 is 1.21 bits per heavy atom. The molecule has 0 saturated carbocycles. The van der Waals surface area contributed by atoms with E-state index in [-0.39, 0.29) is 6.04 Å². The minimum atomic E-state index is 0.196. The Hall–Kier alpha value is -0.540. The van der Waals surface area contributed by atoms with Crippen molar-refractivity contribution in [2.75, 3.05) is 0 Å². The van der Waals surface area contributed by atoms with E-state index in [4.69, 9.17) is 23.2 Å². The van der Waals surface area contributed by atoms with Crippen LogP contribution >= 0.6 is 34.5 Å². The van der Waals surface area contributed by atoms with Crippen molar-refractivity contribution in [3.05, 3.63) is 55.7 Å². The largest absolute Gasteiger partial charge is 0.306 e. The third-order valence-corrected chi connectivity index (χ3v) is 4.77. The number of halogens is 2. The standard InChI is InChI=1S/C15H17Cl2NS/c1-3-11-6-4-5-7-12(11)9-18-10(2)13-8-14(16)19-15(13)17/h4-8,10,18H,3,9H2,1-2H3. The van der Waals surface area contributed by atoms with Gasteiger partial charge in [-0.3, -0.25) is 0 Å². The minimum Gasteiger partial charge on any atom is -0.306 e. The molecule has 0 amide bonds. The van der Waals surface area contributed by atoms with Gasteiger partial charge >= 0.3 is 0 Å². The van der Waals surface area contributed by atoms with Gasteiger partial charge in [0.25, 0.3) is 0 Å². The molecule has 0 spiro atoms. The fourth-order valence-electron chi connectivity index (χ4n) is 2.10. The SMILES string of the molecule is CCc1ccccc1CNC(C)c1cc(Cl)sc1Cl. The van der Waals surface area contributed by atoms with E-state index in [0.29, 0.717) is 0 Å².